The van der Waals surface area contributed by atoms with E-state index in [0.717, 1.165) is 21.7 Å². The van der Waals surface area contributed by atoms with Gasteiger partial charge in [-0.2, -0.15) is 0 Å². The third-order valence-corrected chi connectivity index (χ3v) is 4.75. The molecule has 0 aromatic heterocycles. The molecule has 0 bridgehead atoms. The number of aryl methyl sites for hydroxylation is 2. The van der Waals surface area contributed by atoms with E-state index >= 15 is 0 Å². The Hall–Kier alpha value is -2.54. The van der Waals surface area contributed by atoms with Crippen LogP contribution in [-0.2, 0) is 14.8 Å². The van der Waals surface area contributed by atoms with Gasteiger partial charge in [0.25, 0.3) is 0 Å². The van der Waals surface area contributed by atoms with E-state index in [1.54, 1.807) is 24.3 Å². The van der Waals surface area contributed by atoms with Gasteiger partial charge in [-0.3, -0.25) is 9.10 Å². The Balaban J connectivity index is 2.28. The fourth-order valence-corrected chi connectivity index (χ4v) is 3.56. The molecule has 7 heteroatoms. The van der Waals surface area contributed by atoms with E-state index in [1.807, 2.05) is 39.0 Å². The molecule has 26 heavy (non-hydrogen) atoms. The zero-order chi connectivity index (χ0) is 19.3. The first-order chi connectivity index (χ1) is 12.2. The Labute approximate surface area is 154 Å². The summed E-state index contributed by atoms with van der Waals surface area (Å²) in [7, 11) is -3.67. The van der Waals surface area contributed by atoms with Gasteiger partial charge in [0.05, 0.1) is 18.6 Å². The van der Waals surface area contributed by atoms with Crippen LogP contribution in [-0.4, -0.2) is 33.7 Å². The van der Waals surface area contributed by atoms with Crippen molar-refractivity contribution in [2.45, 2.75) is 20.8 Å². The van der Waals surface area contributed by atoms with E-state index in [0.29, 0.717) is 23.7 Å². The molecule has 0 atom stereocenters. The highest BCUT2D eigenvalue weighted by atomic mass is 32.2. The summed E-state index contributed by atoms with van der Waals surface area (Å²) in [6, 6.07) is 12.4. The van der Waals surface area contributed by atoms with Gasteiger partial charge in [-0.1, -0.05) is 18.2 Å². The Bertz CT molecular complexity index is 874. The number of carbonyl (C=O) groups excluding carboxylic acids is 1. The lowest BCUT2D eigenvalue weighted by atomic mass is 10.1. The summed E-state index contributed by atoms with van der Waals surface area (Å²) < 4.78 is 31.1. The van der Waals surface area contributed by atoms with Crippen LogP contribution in [0.1, 0.15) is 18.1 Å². The second-order valence-corrected chi connectivity index (χ2v) is 8.00. The summed E-state index contributed by atoms with van der Waals surface area (Å²) in [5, 5.41) is 2.76. The summed E-state index contributed by atoms with van der Waals surface area (Å²) in [6.07, 6.45) is 1.07. The summed E-state index contributed by atoms with van der Waals surface area (Å²) in [4.78, 5) is 12.5. The molecule has 0 spiro atoms. The maximum atomic E-state index is 12.5. The molecule has 2 rings (SSSR count). The van der Waals surface area contributed by atoms with Gasteiger partial charge in [-0.05, 0) is 56.2 Å². The lowest BCUT2D eigenvalue weighted by Crippen LogP contribution is -2.37. The molecule has 1 N–H and O–H groups in total. The van der Waals surface area contributed by atoms with Crippen molar-refractivity contribution in [1.29, 1.82) is 0 Å². The first-order valence-corrected chi connectivity index (χ1v) is 10.1. The number of anilines is 2. The van der Waals surface area contributed by atoms with Crippen molar-refractivity contribution in [2.75, 3.05) is 29.0 Å². The minimum Gasteiger partial charge on any atom is -0.492 e. The Morgan fingerprint density at radius 2 is 1.73 bits per heavy atom. The molecular weight excluding hydrogens is 352 g/mol. The van der Waals surface area contributed by atoms with Crippen molar-refractivity contribution in [3.05, 3.63) is 53.6 Å². The van der Waals surface area contributed by atoms with E-state index in [9.17, 15) is 13.2 Å². The molecule has 1 amide bonds. The first kappa shape index (κ1) is 19.8. The second kappa shape index (κ2) is 8.23. The van der Waals surface area contributed by atoms with Crippen LogP contribution in [0.4, 0.5) is 11.4 Å². The fourth-order valence-electron chi connectivity index (χ4n) is 2.70. The van der Waals surface area contributed by atoms with Crippen LogP contribution < -0.4 is 14.4 Å². The average molecular weight is 376 g/mol. The lowest BCUT2D eigenvalue weighted by molar-refractivity contribution is -0.114. The molecule has 0 aliphatic carbocycles. The number of nitrogens with one attached hydrogen (secondary N) is 1. The molecule has 2 aromatic carbocycles. The number of para-hydroxylation sites is 2. The molecule has 2 aromatic rings. The standard InChI is InChI=1S/C19H24N2O4S/c1-5-25-18-9-7-6-8-17(18)21(26(4,23)24)13-19(22)20-16-11-14(2)10-15(3)12-16/h6-12H,5,13H2,1-4H3,(H,20,22). The average Bonchev–Trinajstić information content (AvgIpc) is 2.51. The molecule has 140 valence electrons. The lowest BCUT2D eigenvalue weighted by Gasteiger charge is -2.24. The van der Waals surface area contributed by atoms with Gasteiger partial charge >= 0.3 is 0 Å². The van der Waals surface area contributed by atoms with Crippen molar-refractivity contribution < 1.29 is 17.9 Å². The van der Waals surface area contributed by atoms with Crippen LogP contribution >= 0.6 is 0 Å². The van der Waals surface area contributed by atoms with Crippen LogP contribution in [0.2, 0.25) is 0 Å². The summed E-state index contributed by atoms with van der Waals surface area (Å²) in [5.74, 6) is -0.00801. The number of rotatable bonds is 7. The SMILES string of the molecule is CCOc1ccccc1N(CC(=O)Nc1cc(C)cc(C)c1)S(C)(=O)=O. The Kier molecular flexibility index (Phi) is 6.26. The van der Waals surface area contributed by atoms with Crippen LogP contribution in [0.3, 0.4) is 0 Å². The highest BCUT2D eigenvalue weighted by Gasteiger charge is 2.24. The predicted octanol–water partition coefficient (Wildman–Crippen LogP) is 3.11. The number of hydrogen-bond acceptors (Lipinski definition) is 4. The Morgan fingerprint density at radius 3 is 2.31 bits per heavy atom. The summed E-state index contributed by atoms with van der Waals surface area (Å²) >= 11 is 0. The summed E-state index contributed by atoms with van der Waals surface area (Å²) in [5.41, 5.74) is 3.01. The zero-order valence-corrected chi connectivity index (χ0v) is 16.3. The minimum atomic E-state index is -3.67. The maximum absolute atomic E-state index is 12.5. The van der Waals surface area contributed by atoms with Gasteiger partial charge in [0.2, 0.25) is 15.9 Å². The van der Waals surface area contributed by atoms with Crippen molar-refractivity contribution in [3.63, 3.8) is 0 Å². The van der Waals surface area contributed by atoms with E-state index in [1.165, 1.54) is 0 Å². The highest BCUT2D eigenvalue weighted by molar-refractivity contribution is 7.92. The van der Waals surface area contributed by atoms with Crippen molar-refractivity contribution in [2.24, 2.45) is 0 Å². The molecule has 6 nitrogen and oxygen atoms in total. The largest absolute Gasteiger partial charge is 0.492 e. The molecule has 0 saturated heterocycles. The van der Waals surface area contributed by atoms with Gasteiger partial charge < -0.3 is 10.1 Å². The van der Waals surface area contributed by atoms with Crippen LogP contribution in [0, 0.1) is 13.8 Å². The molecule has 0 fully saturated rings. The van der Waals surface area contributed by atoms with Gasteiger partial charge in [-0.15, -0.1) is 0 Å². The molecule has 0 radical (unpaired) electrons. The molecule has 0 heterocycles. The normalized spacial score (nSPS) is 11.1. The van der Waals surface area contributed by atoms with E-state index in [4.69, 9.17) is 4.74 Å². The van der Waals surface area contributed by atoms with Crippen LogP contribution in [0.15, 0.2) is 42.5 Å². The second-order valence-electron chi connectivity index (χ2n) is 6.09. The monoisotopic (exact) mass is 376 g/mol. The van der Waals surface area contributed by atoms with Crippen LogP contribution in [0.25, 0.3) is 0 Å². The van der Waals surface area contributed by atoms with Crippen molar-refractivity contribution in [3.8, 4) is 5.75 Å². The number of amides is 1. The van der Waals surface area contributed by atoms with Gasteiger partial charge in [-0.25, -0.2) is 8.42 Å². The minimum absolute atomic E-state index is 0.337. The molecule has 0 aliphatic heterocycles. The quantitative estimate of drug-likeness (QED) is 0.806. The third kappa shape index (κ3) is 5.23. The number of ether oxygens (including phenoxy) is 1. The van der Waals surface area contributed by atoms with Crippen molar-refractivity contribution >= 4 is 27.3 Å². The predicted molar refractivity (Wildman–Crippen MR) is 104 cm³/mol. The summed E-state index contributed by atoms with van der Waals surface area (Å²) in [6.45, 7) is 5.74. The van der Waals surface area contributed by atoms with Crippen LogP contribution in [0.5, 0.6) is 5.75 Å². The Morgan fingerprint density at radius 1 is 1.12 bits per heavy atom. The van der Waals surface area contributed by atoms with E-state index in [-0.39, 0.29) is 6.54 Å². The topological polar surface area (TPSA) is 75.7 Å². The highest BCUT2D eigenvalue weighted by Crippen LogP contribution is 2.29. The molecule has 0 saturated carbocycles. The number of nitrogens with zero attached hydrogens (tertiary/aromatic N) is 1. The van der Waals surface area contributed by atoms with Crippen molar-refractivity contribution in [1.82, 2.24) is 0 Å². The third-order valence-electron chi connectivity index (χ3n) is 3.63. The maximum Gasteiger partial charge on any atom is 0.245 e. The number of carbonyl (C=O) groups is 1. The van der Waals surface area contributed by atoms with Gasteiger partial charge in [0, 0.05) is 5.69 Å². The number of hydrogen-bond donors (Lipinski definition) is 1. The van der Waals surface area contributed by atoms with E-state index in [2.05, 4.69) is 5.32 Å². The molecule has 0 unspecified atom stereocenters. The number of sulfonamides is 1. The molecule has 0 aliphatic rings. The fraction of sp³-hybridized carbons (Fsp3) is 0.316. The molecular formula is C19H24N2O4S. The van der Waals surface area contributed by atoms with E-state index < -0.39 is 15.9 Å². The first-order valence-electron chi connectivity index (χ1n) is 8.28. The van der Waals surface area contributed by atoms with Gasteiger partial charge in [0.15, 0.2) is 0 Å². The number of benzene rings is 2. The smallest absolute Gasteiger partial charge is 0.245 e. The van der Waals surface area contributed by atoms with Gasteiger partial charge in [0.1, 0.15) is 12.3 Å². The zero-order valence-electron chi connectivity index (χ0n) is 15.4.